The minimum atomic E-state index is -0.596. The number of phenolic OH excluding ortho intramolecular Hbond substituents is 2. The molecule has 27 heavy (non-hydrogen) atoms. The summed E-state index contributed by atoms with van der Waals surface area (Å²) >= 11 is 0. The molecule has 0 heterocycles. The van der Waals surface area contributed by atoms with Crippen LogP contribution in [0.1, 0.15) is 83.5 Å². The quantitative estimate of drug-likeness (QED) is 0.776. The van der Waals surface area contributed by atoms with Crippen LogP contribution in [0.15, 0.2) is 24.3 Å². The number of carbonyl (C=O) groups excluding carboxylic acids is 2. The van der Waals surface area contributed by atoms with Crippen molar-refractivity contribution in [2.24, 2.45) is 0 Å². The SMILES string of the molecule is CC1(C)CC2(CC(C)(C)c3ccc(O)c(C=O)c32)c2c1ccc(O)c2C=O. The number of fused-ring (bicyclic) bond motifs is 4. The van der Waals surface area contributed by atoms with Crippen LogP contribution in [0.2, 0.25) is 0 Å². The predicted octanol–water partition coefficient (Wildman–Crippen LogP) is 4.37. The Morgan fingerprint density at radius 1 is 0.741 bits per heavy atom. The van der Waals surface area contributed by atoms with Crippen molar-refractivity contribution in [3.8, 4) is 11.5 Å². The van der Waals surface area contributed by atoms with Crippen molar-refractivity contribution in [3.05, 3.63) is 57.6 Å². The second kappa shape index (κ2) is 5.22. The molecule has 2 aromatic rings. The van der Waals surface area contributed by atoms with E-state index in [0.29, 0.717) is 36.5 Å². The maximum Gasteiger partial charge on any atom is 0.154 e. The van der Waals surface area contributed by atoms with Crippen LogP contribution < -0.4 is 0 Å². The molecule has 2 aromatic carbocycles. The third kappa shape index (κ3) is 2.10. The second-order valence-electron chi connectivity index (χ2n) is 9.28. The highest BCUT2D eigenvalue weighted by atomic mass is 16.3. The van der Waals surface area contributed by atoms with Gasteiger partial charge < -0.3 is 10.2 Å². The first-order valence-corrected chi connectivity index (χ1v) is 9.23. The van der Waals surface area contributed by atoms with Crippen molar-refractivity contribution in [1.82, 2.24) is 0 Å². The van der Waals surface area contributed by atoms with E-state index in [4.69, 9.17) is 0 Å². The number of benzene rings is 2. The van der Waals surface area contributed by atoms with Crippen molar-refractivity contribution in [2.45, 2.75) is 56.8 Å². The average Bonchev–Trinajstić information content (AvgIpc) is 2.94. The first-order valence-electron chi connectivity index (χ1n) is 9.23. The molecular formula is C23H24O4. The summed E-state index contributed by atoms with van der Waals surface area (Å²) in [6.07, 6.45) is 2.85. The molecule has 4 nitrogen and oxygen atoms in total. The summed E-state index contributed by atoms with van der Waals surface area (Å²) in [4.78, 5) is 23.9. The average molecular weight is 364 g/mol. The smallest absolute Gasteiger partial charge is 0.154 e. The van der Waals surface area contributed by atoms with E-state index in [2.05, 4.69) is 27.7 Å². The summed E-state index contributed by atoms with van der Waals surface area (Å²) in [5.41, 5.74) is 3.18. The highest BCUT2D eigenvalue weighted by Gasteiger charge is 2.58. The van der Waals surface area contributed by atoms with Crippen molar-refractivity contribution in [2.75, 3.05) is 0 Å². The van der Waals surface area contributed by atoms with Crippen LogP contribution in [0.5, 0.6) is 11.5 Å². The Bertz CT molecular complexity index is 916. The molecule has 2 aliphatic carbocycles. The van der Waals surface area contributed by atoms with E-state index in [1.165, 1.54) is 0 Å². The fourth-order valence-electron chi connectivity index (χ4n) is 5.86. The lowest BCUT2D eigenvalue weighted by molar-refractivity contribution is 0.111. The van der Waals surface area contributed by atoms with Crippen molar-refractivity contribution >= 4 is 12.6 Å². The Hall–Kier alpha value is -2.62. The van der Waals surface area contributed by atoms with Crippen molar-refractivity contribution in [3.63, 3.8) is 0 Å². The molecule has 0 bridgehead atoms. The van der Waals surface area contributed by atoms with Gasteiger partial charge in [-0.25, -0.2) is 0 Å². The van der Waals surface area contributed by atoms with Crippen molar-refractivity contribution in [1.29, 1.82) is 0 Å². The van der Waals surface area contributed by atoms with E-state index in [0.717, 1.165) is 22.3 Å². The first kappa shape index (κ1) is 17.8. The molecular weight excluding hydrogens is 340 g/mol. The first-order chi connectivity index (χ1) is 12.6. The van der Waals surface area contributed by atoms with Crippen LogP contribution in [0.3, 0.4) is 0 Å². The number of carbonyl (C=O) groups is 2. The number of hydrogen-bond donors (Lipinski definition) is 2. The standard InChI is InChI=1S/C23H24O4/c1-21(2)11-23(19-13(9-24)17(26)7-5-15(19)21)12-22(3,4)16-6-8-18(27)14(10-25)20(16)23/h5-10,26-27H,11-12H2,1-4H3. The maximum atomic E-state index is 12.0. The summed E-state index contributed by atoms with van der Waals surface area (Å²) in [6, 6.07) is 6.93. The van der Waals surface area contributed by atoms with Crippen LogP contribution in [0, 0.1) is 0 Å². The van der Waals surface area contributed by atoms with Gasteiger partial charge in [0.25, 0.3) is 0 Å². The molecule has 0 atom stereocenters. The Morgan fingerprint density at radius 2 is 1.11 bits per heavy atom. The number of aromatic hydroxyl groups is 2. The molecule has 0 saturated carbocycles. The van der Waals surface area contributed by atoms with Gasteiger partial charge in [0.15, 0.2) is 12.6 Å². The van der Waals surface area contributed by atoms with E-state index in [9.17, 15) is 19.8 Å². The monoisotopic (exact) mass is 364 g/mol. The van der Waals surface area contributed by atoms with Gasteiger partial charge in [-0.2, -0.15) is 0 Å². The van der Waals surface area contributed by atoms with E-state index in [-0.39, 0.29) is 22.3 Å². The highest BCUT2D eigenvalue weighted by Crippen LogP contribution is 2.64. The summed E-state index contributed by atoms with van der Waals surface area (Å²) in [6.45, 7) is 8.50. The summed E-state index contributed by atoms with van der Waals surface area (Å²) in [7, 11) is 0. The second-order valence-corrected chi connectivity index (χ2v) is 9.28. The molecule has 0 fully saturated rings. The van der Waals surface area contributed by atoms with Gasteiger partial charge in [0.05, 0.1) is 11.1 Å². The molecule has 4 rings (SSSR count). The fourth-order valence-corrected chi connectivity index (χ4v) is 5.86. The Morgan fingerprint density at radius 3 is 1.44 bits per heavy atom. The topological polar surface area (TPSA) is 74.6 Å². The van der Waals surface area contributed by atoms with Crippen LogP contribution in [0.4, 0.5) is 0 Å². The molecule has 0 unspecified atom stereocenters. The molecule has 4 heteroatoms. The van der Waals surface area contributed by atoms with Crippen LogP contribution in [-0.4, -0.2) is 22.8 Å². The molecule has 1 spiro atoms. The van der Waals surface area contributed by atoms with E-state index in [1.54, 1.807) is 12.1 Å². The zero-order valence-corrected chi connectivity index (χ0v) is 16.1. The normalized spacial score (nSPS) is 20.3. The number of phenols is 2. The van der Waals surface area contributed by atoms with Crippen LogP contribution in [0.25, 0.3) is 0 Å². The van der Waals surface area contributed by atoms with Crippen molar-refractivity contribution < 1.29 is 19.8 Å². The van der Waals surface area contributed by atoms with Gasteiger partial charge in [-0.05, 0) is 58.1 Å². The molecule has 0 aromatic heterocycles. The number of hydrogen-bond acceptors (Lipinski definition) is 4. The van der Waals surface area contributed by atoms with Gasteiger partial charge in [-0.3, -0.25) is 9.59 Å². The third-order valence-corrected chi connectivity index (χ3v) is 6.58. The number of rotatable bonds is 2. The third-order valence-electron chi connectivity index (χ3n) is 6.58. The zero-order chi connectivity index (χ0) is 19.8. The van der Waals surface area contributed by atoms with Gasteiger partial charge in [-0.1, -0.05) is 39.8 Å². The molecule has 0 radical (unpaired) electrons. The zero-order valence-electron chi connectivity index (χ0n) is 16.1. The molecule has 0 aliphatic heterocycles. The van der Waals surface area contributed by atoms with Gasteiger partial charge in [0, 0.05) is 5.41 Å². The van der Waals surface area contributed by atoms with Crippen LogP contribution >= 0.6 is 0 Å². The Balaban J connectivity index is 2.19. The Kier molecular flexibility index (Phi) is 3.43. The molecule has 2 aliphatic rings. The van der Waals surface area contributed by atoms with Crippen LogP contribution in [-0.2, 0) is 16.2 Å². The minimum Gasteiger partial charge on any atom is -0.507 e. The molecule has 0 amide bonds. The Labute approximate surface area is 158 Å². The van der Waals surface area contributed by atoms with E-state index < -0.39 is 5.41 Å². The van der Waals surface area contributed by atoms with Gasteiger partial charge >= 0.3 is 0 Å². The number of aldehydes is 2. The lowest BCUT2D eigenvalue weighted by Gasteiger charge is -2.32. The summed E-state index contributed by atoms with van der Waals surface area (Å²) in [5.74, 6) is -0.0835. The molecule has 140 valence electrons. The van der Waals surface area contributed by atoms with Gasteiger partial charge in [0.2, 0.25) is 0 Å². The largest absolute Gasteiger partial charge is 0.507 e. The van der Waals surface area contributed by atoms with Gasteiger partial charge in [0.1, 0.15) is 11.5 Å². The summed E-state index contributed by atoms with van der Waals surface area (Å²) < 4.78 is 0. The van der Waals surface area contributed by atoms with E-state index in [1.807, 2.05) is 12.1 Å². The lowest BCUT2D eigenvalue weighted by atomic mass is 9.70. The van der Waals surface area contributed by atoms with E-state index >= 15 is 0 Å². The lowest BCUT2D eigenvalue weighted by Crippen LogP contribution is -2.28. The minimum absolute atomic E-state index is 0.0418. The summed E-state index contributed by atoms with van der Waals surface area (Å²) in [5, 5.41) is 20.8. The predicted molar refractivity (Wildman–Crippen MR) is 103 cm³/mol. The van der Waals surface area contributed by atoms with Gasteiger partial charge in [-0.15, -0.1) is 0 Å². The highest BCUT2D eigenvalue weighted by molar-refractivity contribution is 5.89. The molecule has 0 saturated heterocycles. The molecule has 2 N–H and O–H groups in total. The fraction of sp³-hybridized carbons (Fsp3) is 0.391. The maximum absolute atomic E-state index is 12.0.